The summed E-state index contributed by atoms with van der Waals surface area (Å²) in [5.74, 6) is -0.863. The fourth-order valence-electron chi connectivity index (χ4n) is 1.98. The van der Waals surface area contributed by atoms with Crippen molar-refractivity contribution in [2.24, 2.45) is 11.7 Å². The van der Waals surface area contributed by atoms with Crippen molar-refractivity contribution in [1.29, 1.82) is 0 Å². The molecule has 2 N–H and O–H groups in total. The largest absolute Gasteiger partial charge is 0.460 e. The van der Waals surface area contributed by atoms with Gasteiger partial charge in [0.05, 0.1) is 12.1 Å². The molecule has 1 amide bonds. The molecule has 6 heteroatoms. The van der Waals surface area contributed by atoms with Crippen LogP contribution in [0, 0.1) is 5.92 Å². The Kier molecular flexibility index (Phi) is 4.69. The molecule has 0 spiro atoms. The molecule has 20 heavy (non-hydrogen) atoms. The third kappa shape index (κ3) is 4.67. The Morgan fingerprint density at radius 1 is 1.05 bits per heavy atom. The molecule has 6 nitrogen and oxygen atoms in total. The van der Waals surface area contributed by atoms with E-state index >= 15 is 0 Å². The van der Waals surface area contributed by atoms with Crippen molar-refractivity contribution in [2.45, 2.75) is 65.3 Å². The van der Waals surface area contributed by atoms with E-state index in [9.17, 15) is 9.59 Å². The molecule has 0 aromatic rings. The van der Waals surface area contributed by atoms with Gasteiger partial charge in [0.15, 0.2) is 0 Å². The van der Waals surface area contributed by atoms with Crippen LogP contribution in [0.1, 0.15) is 48.0 Å². The Morgan fingerprint density at radius 3 is 2.00 bits per heavy atom. The number of hydrogen-bond donors (Lipinski definition) is 1. The second-order valence-electron chi connectivity index (χ2n) is 7.09. The molecular weight excluding hydrogens is 260 g/mol. The van der Waals surface area contributed by atoms with Gasteiger partial charge in [-0.3, -0.25) is 9.69 Å². The lowest BCUT2D eigenvalue weighted by molar-refractivity contribution is -0.160. The van der Waals surface area contributed by atoms with Crippen LogP contribution in [0.15, 0.2) is 0 Å². The van der Waals surface area contributed by atoms with Gasteiger partial charge in [0.1, 0.15) is 11.2 Å². The molecule has 1 saturated heterocycles. The molecule has 2 atom stereocenters. The standard InChI is InChI=1S/C14H26N2O4/c1-13(2,3)19-11(17)9-7-8-16(10(9)15)12(18)20-14(4,5)6/h9-10H,7-8,15H2,1-6H3. The number of esters is 1. The van der Waals surface area contributed by atoms with Gasteiger partial charge in [-0.25, -0.2) is 4.79 Å². The van der Waals surface area contributed by atoms with E-state index in [2.05, 4.69) is 0 Å². The quantitative estimate of drug-likeness (QED) is 0.744. The van der Waals surface area contributed by atoms with Crippen LogP contribution < -0.4 is 5.73 Å². The minimum atomic E-state index is -0.695. The summed E-state index contributed by atoms with van der Waals surface area (Å²) < 4.78 is 10.6. The first-order chi connectivity index (χ1) is 8.91. The van der Waals surface area contributed by atoms with Gasteiger partial charge in [-0.2, -0.15) is 0 Å². The lowest BCUT2D eigenvalue weighted by atomic mass is 10.1. The van der Waals surface area contributed by atoms with Crippen LogP contribution in [-0.2, 0) is 14.3 Å². The van der Waals surface area contributed by atoms with E-state index in [1.54, 1.807) is 41.5 Å². The Labute approximate surface area is 120 Å². The van der Waals surface area contributed by atoms with Gasteiger partial charge in [0.2, 0.25) is 0 Å². The average Bonchev–Trinajstić information content (AvgIpc) is 2.54. The van der Waals surface area contributed by atoms with E-state index in [-0.39, 0.29) is 5.97 Å². The predicted octanol–water partition coefficient (Wildman–Crippen LogP) is 1.87. The second kappa shape index (κ2) is 5.60. The smallest absolute Gasteiger partial charge is 0.411 e. The lowest BCUT2D eigenvalue weighted by Crippen LogP contribution is -2.48. The van der Waals surface area contributed by atoms with Crippen molar-refractivity contribution < 1.29 is 19.1 Å². The number of hydrogen-bond acceptors (Lipinski definition) is 5. The number of ether oxygens (including phenoxy) is 2. The number of nitrogens with two attached hydrogens (primary N) is 1. The van der Waals surface area contributed by atoms with Crippen LogP contribution in [0.3, 0.4) is 0 Å². The van der Waals surface area contributed by atoms with Crippen LogP contribution in [0.5, 0.6) is 0 Å². The van der Waals surface area contributed by atoms with Gasteiger partial charge in [-0.05, 0) is 48.0 Å². The average molecular weight is 286 g/mol. The maximum atomic E-state index is 12.0. The van der Waals surface area contributed by atoms with E-state index < -0.39 is 29.4 Å². The summed E-state index contributed by atoms with van der Waals surface area (Å²) in [5.41, 5.74) is 4.85. The molecule has 116 valence electrons. The summed E-state index contributed by atoms with van der Waals surface area (Å²) in [6.07, 6.45) is -0.689. The zero-order chi connectivity index (χ0) is 15.7. The molecule has 1 aliphatic rings. The number of nitrogens with zero attached hydrogens (tertiary/aromatic N) is 1. The number of carbonyl (C=O) groups is 2. The molecule has 1 heterocycles. The van der Waals surface area contributed by atoms with Gasteiger partial charge in [0, 0.05) is 6.54 Å². The van der Waals surface area contributed by atoms with Crippen molar-refractivity contribution in [2.75, 3.05) is 6.54 Å². The molecule has 1 rings (SSSR count). The van der Waals surface area contributed by atoms with Crippen LogP contribution in [0.4, 0.5) is 4.79 Å². The maximum Gasteiger partial charge on any atom is 0.411 e. The predicted molar refractivity (Wildman–Crippen MR) is 74.9 cm³/mol. The molecular formula is C14H26N2O4. The topological polar surface area (TPSA) is 81.9 Å². The first kappa shape index (κ1) is 16.8. The maximum absolute atomic E-state index is 12.0. The van der Waals surface area contributed by atoms with Crippen molar-refractivity contribution >= 4 is 12.1 Å². The molecule has 0 saturated carbocycles. The van der Waals surface area contributed by atoms with Crippen LogP contribution >= 0.6 is 0 Å². The Hall–Kier alpha value is -1.30. The highest BCUT2D eigenvalue weighted by atomic mass is 16.6. The van der Waals surface area contributed by atoms with Gasteiger partial charge in [0.25, 0.3) is 0 Å². The fourth-order valence-corrected chi connectivity index (χ4v) is 1.98. The highest BCUT2D eigenvalue weighted by Crippen LogP contribution is 2.26. The highest BCUT2D eigenvalue weighted by Gasteiger charge is 2.42. The third-order valence-electron chi connectivity index (χ3n) is 2.79. The molecule has 1 aliphatic heterocycles. The third-order valence-corrected chi connectivity index (χ3v) is 2.79. The Balaban J connectivity index is 2.66. The van der Waals surface area contributed by atoms with Crippen LogP contribution in [0.25, 0.3) is 0 Å². The van der Waals surface area contributed by atoms with E-state index in [1.807, 2.05) is 0 Å². The number of rotatable bonds is 1. The van der Waals surface area contributed by atoms with Crippen LogP contribution in [0.2, 0.25) is 0 Å². The molecule has 0 radical (unpaired) electrons. The second-order valence-corrected chi connectivity index (χ2v) is 7.09. The zero-order valence-corrected chi connectivity index (χ0v) is 13.2. The summed E-state index contributed by atoms with van der Waals surface area (Å²) in [6.45, 7) is 11.2. The van der Waals surface area contributed by atoms with E-state index in [0.717, 1.165) is 0 Å². The summed E-state index contributed by atoms with van der Waals surface area (Å²) in [7, 11) is 0. The monoisotopic (exact) mass is 286 g/mol. The molecule has 2 unspecified atom stereocenters. The number of amides is 1. The van der Waals surface area contributed by atoms with Gasteiger partial charge in [-0.1, -0.05) is 0 Å². The van der Waals surface area contributed by atoms with Crippen molar-refractivity contribution in [1.82, 2.24) is 4.90 Å². The van der Waals surface area contributed by atoms with Gasteiger partial charge in [-0.15, -0.1) is 0 Å². The minimum Gasteiger partial charge on any atom is -0.460 e. The molecule has 0 bridgehead atoms. The SMILES string of the molecule is CC(C)(C)OC(=O)C1CCN(C(=O)OC(C)(C)C)C1N. The summed E-state index contributed by atoms with van der Waals surface area (Å²) in [4.78, 5) is 25.4. The molecule has 1 fully saturated rings. The fraction of sp³-hybridized carbons (Fsp3) is 0.857. The molecule has 0 aliphatic carbocycles. The first-order valence-electron chi connectivity index (χ1n) is 6.89. The van der Waals surface area contributed by atoms with Crippen LogP contribution in [-0.4, -0.2) is 40.9 Å². The zero-order valence-electron chi connectivity index (χ0n) is 13.2. The summed E-state index contributed by atoms with van der Waals surface area (Å²) in [6, 6.07) is 0. The number of carbonyl (C=O) groups excluding carboxylic acids is 2. The Bertz CT molecular complexity index is 346. The number of likely N-dealkylation sites (tertiary alicyclic amines) is 1. The van der Waals surface area contributed by atoms with Gasteiger partial charge >= 0.3 is 12.1 Å². The summed E-state index contributed by atoms with van der Waals surface area (Å²) in [5, 5.41) is 0. The van der Waals surface area contributed by atoms with E-state index in [0.29, 0.717) is 13.0 Å². The highest BCUT2D eigenvalue weighted by molar-refractivity contribution is 5.77. The minimum absolute atomic E-state index is 0.365. The lowest BCUT2D eigenvalue weighted by Gasteiger charge is -2.28. The summed E-state index contributed by atoms with van der Waals surface area (Å²) >= 11 is 0. The van der Waals surface area contributed by atoms with E-state index in [1.165, 1.54) is 4.90 Å². The van der Waals surface area contributed by atoms with Crippen molar-refractivity contribution in [3.05, 3.63) is 0 Å². The van der Waals surface area contributed by atoms with Gasteiger partial charge < -0.3 is 15.2 Å². The normalized spacial score (nSPS) is 23.6. The van der Waals surface area contributed by atoms with Crippen molar-refractivity contribution in [3.8, 4) is 0 Å². The molecule has 0 aromatic carbocycles. The molecule has 0 aromatic heterocycles. The Morgan fingerprint density at radius 2 is 1.55 bits per heavy atom. The first-order valence-corrected chi connectivity index (χ1v) is 6.89. The van der Waals surface area contributed by atoms with Crippen molar-refractivity contribution in [3.63, 3.8) is 0 Å². The van der Waals surface area contributed by atoms with E-state index in [4.69, 9.17) is 15.2 Å².